The Morgan fingerprint density at radius 2 is 2.05 bits per heavy atom. The summed E-state index contributed by atoms with van der Waals surface area (Å²) >= 11 is 6.21. The number of anilines is 1. The first kappa shape index (κ1) is 14.1. The van der Waals surface area contributed by atoms with Crippen LogP contribution in [0.3, 0.4) is 0 Å². The van der Waals surface area contributed by atoms with Gasteiger partial charge in [-0.25, -0.2) is 0 Å². The number of hydrogen-bond donors (Lipinski definition) is 1. The number of aromatic nitrogens is 1. The Morgan fingerprint density at radius 1 is 1.32 bits per heavy atom. The van der Waals surface area contributed by atoms with Gasteiger partial charge in [0.2, 0.25) is 0 Å². The van der Waals surface area contributed by atoms with Gasteiger partial charge in [-0.15, -0.1) is 0 Å². The Balaban J connectivity index is 2.65. The second-order valence-corrected chi connectivity index (χ2v) is 5.77. The van der Waals surface area contributed by atoms with Gasteiger partial charge in [0, 0.05) is 28.3 Å². The number of aryl methyl sites for hydroxylation is 1. The Morgan fingerprint density at radius 3 is 2.68 bits per heavy atom. The average Bonchev–Trinajstić information content (AvgIpc) is 2.34. The molecule has 1 heterocycles. The van der Waals surface area contributed by atoms with Crippen LogP contribution in [0, 0.1) is 12.8 Å². The third-order valence-corrected chi connectivity index (χ3v) is 3.62. The SMILES string of the molecule is CCNc1cc(CC(C)C)nc2c(C)c(Cl)ccc12. The monoisotopic (exact) mass is 276 g/mol. The minimum atomic E-state index is 0.596. The van der Waals surface area contributed by atoms with Gasteiger partial charge in [-0.05, 0) is 49.9 Å². The highest BCUT2D eigenvalue weighted by Gasteiger charge is 2.10. The molecule has 0 aliphatic carbocycles. The highest BCUT2D eigenvalue weighted by Crippen LogP contribution is 2.30. The lowest BCUT2D eigenvalue weighted by molar-refractivity contribution is 0.637. The van der Waals surface area contributed by atoms with E-state index in [0.717, 1.165) is 45.8 Å². The molecule has 2 aromatic rings. The van der Waals surface area contributed by atoms with Gasteiger partial charge in [0.05, 0.1) is 5.52 Å². The average molecular weight is 277 g/mol. The van der Waals surface area contributed by atoms with E-state index >= 15 is 0 Å². The molecule has 0 aliphatic rings. The van der Waals surface area contributed by atoms with E-state index in [2.05, 4.69) is 38.2 Å². The molecule has 0 radical (unpaired) electrons. The van der Waals surface area contributed by atoms with Crippen molar-refractivity contribution in [1.82, 2.24) is 4.98 Å². The van der Waals surface area contributed by atoms with Crippen molar-refractivity contribution in [3.63, 3.8) is 0 Å². The molecular weight excluding hydrogens is 256 g/mol. The van der Waals surface area contributed by atoms with Crippen molar-refractivity contribution in [1.29, 1.82) is 0 Å². The molecule has 3 heteroatoms. The van der Waals surface area contributed by atoms with Crippen LogP contribution in [0.15, 0.2) is 18.2 Å². The molecule has 0 atom stereocenters. The summed E-state index contributed by atoms with van der Waals surface area (Å²) in [5, 5.41) is 5.36. The van der Waals surface area contributed by atoms with Crippen LogP contribution in [0.2, 0.25) is 5.02 Å². The lowest BCUT2D eigenvalue weighted by Gasteiger charge is -2.14. The van der Waals surface area contributed by atoms with Gasteiger partial charge in [0.1, 0.15) is 0 Å². The number of halogens is 1. The molecule has 19 heavy (non-hydrogen) atoms. The van der Waals surface area contributed by atoms with E-state index in [1.807, 2.05) is 13.0 Å². The standard InChI is InChI=1S/C16H21ClN2/c1-5-18-15-9-12(8-10(2)3)19-16-11(4)14(17)7-6-13(15)16/h6-7,9-10H,5,8H2,1-4H3,(H,18,19). The predicted molar refractivity (Wildman–Crippen MR) is 84.2 cm³/mol. The smallest absolute Gasteiger partial charge is 0.0770 e. The maximum atomic E-state index is 6.21. The van der Waals surface area contributed by atoms with Gasteiger partial charge in [-0.2, -0.15) is 0 Å². The van der Waals surface area contributed by atoms with Crippen LogP contribution in [0.5, 0.6) is 0 Å². The fourth-order valence-corrected chi connectivity index (χ4v) is 2.47. The van der Waals surface area contributed by atoms with Gasteiger partial charge in [-0.1, -0.05) is 25.4 Å². The molecule has 1 aromatic heterocycles. The van der Waals surface area contributed by atoms with Crippen LogP contribution in [-0.4, -0.2) is 11.5 Å². The first-order valence-corrected chi connectivity index (χ1v) is 7.23. The van der Waals surface area contributed by atoms with Crippen molar-refractivity contribution in [2.45, 2.75) is 34.1 Å². The third kappa shape index (κ3) is 3.01. The second kappa shape index (κ2) is 5.79. The second-order valence-electron chi connectivity index (χ2n) is 5.36. The lowest BCUT2D eigenvalue weighted by Crippen LogP contribution is -2.03. The summed E-state index contributed by atoms with van der Waals surface area (Å²) in [6, 6.07) is 6.16. The van der Waals surface area contributed by atoms with E-state index in [1.54, 1.807) is 0 Å². The number of hydrogen-bond acceptors (Lipinski definition) is 2. The molecule has 2 nitrogen and oxygen atoms in total. The Labute approximate surface area is 120 Å². The van der Waals surface area contributed by atoms with Crippen molar-refractivity contribution in [2.24, 2.45) is 5.92 Å². The van der Waals surface area contributed by atoms with E-state index < -0.39 is 0 Å². The van der Waals surface area contributed by atoms with Crippen LogP contribution >= 0.6 is 11.6 Å². The van der Waals surface area contributed by atoms with E-state index in [-0.39, 0.29) is 0 Å². The topological polar surface area (TPSA) is 24.9 Å². The summed E-state index contributed by atoms with van der Waals surface area (Å²) in [7, 11) is 0. The number of nitrogens with zero attached hydrogens (tertiary/aromatic N) is 1. The van der Waals surface area contributed by atoms with Gasteiger partial charge in [0.15, 0.2) is 0 Å². The van der Waals surface area contributed by atoms with E-state index in [4.69, 9.17) is 16.6 Å². The largest absolute Gasteiger partial charge is 0.385 e. The van der Waals surface area contributed by atoms with E-state index in [0.29, 0.717) is 5.92 Å². The lowest BCUT2D eigenvalue weighted by atomic mass is 10.0. The molecule has 102 valence electrons. The first-order chi connectivity index (χ1) is 9.02. The minimum absolute atomic E-state index is 0.596. The van der Waals surface area contributed by atoms with Crippen molar-refractivity contribution in [3.8, 4) is 0 Å². The zero-order valence-electron chi connectivity index (χ0n) is 12.0. The summed E-state index contributed by atoms with van der Waals surface area (Å²) in [5.41, 5.74) is 4.36. The molecule has 1 aromatic carbocycles. The molecule has 0 amide bonds. The Bertz CT molecular complexity index is 591. The Kier molecular flexibility index (Phi) is 4.31. The summed E-state index contributed by atoms with van der Waals surface area (Å²) in [6.45, 7) is 9.47. The van der Waals surface area contributed by atoms with Crippen LogP contribution in [-0.2, 0) is 6.42 Å². The molecule has 0 unspecified atom stereocenters. The maximum Gasteiger partial charge on any atom is 0.0770 e. The van der Waals surface area contributed by atoms with Crippen LogP contribution in [0.25, 0.3) is 10.9 Å². The zero-order chi connectivity index (χ0) is 14.0. The number of pyridine rings is 1. The molecule has 0 bridgehead atoms. The molecule has 1 N–H and O–H groups in total. The molecule has 2 rings (SSSR count). The van der Waals surface area contributed by atoms with Gasteiger partial charge >= 0.3 is 0 Å². The molecule has 0 saturated carbocycles. The number of benzene rings is 1. The molecule has 0 saturated heterocycles. The van der Waals surface area contributed by atoms with Crippen molar-refractivity contribution < 1.29 is 0 Å². The quantitative estimate of drug-likeness (QED) is 0.865. The fourth-order valence-electron chi connectivity index (χ4n) is 2.32. The number of fused-ring (bicyclic) bond motifs is 1. The van der Waals surface area contributed by atoms with Gasteiger partial charge in [0.25, 0.3) is 0 Å². The molecule has 0 aliphatic heterocycles. The number of nitrogens with one attached hydrogen (secondary N) is 1. The highest BCUT2D eigenvalue weighted by molar-refractivity contribution is 6.32. The van der Waals surface area contributed by atoms with Crippen LogP contribution in [0.1, 0.15) is 32.0 Å². The Hall–Kier alpha value is -1.28. The maximum absolute atomic E-state index is 6.21. The van der Waals surface area contributed by atoms with Gasteiger partial charge < -0.3 is 5.32 Å². The minimum Gasteiger partial charge on any atom is -0.385 e. The van der Waals surface area contributed by atoms with Crippen molar-refractivity contribution >= 4 is 28.2 Å². The van der Waals surface area contributed by atoms with Gasteiger partial charge in [-0.3, -0.25) is 4.98 Å². The fraction of sp³-hybridized carbons (Fsp3) is 0.438. The highest BCUT2D eigenvalue weighted by atomic mass is 35.5. The summed E-state index contributed by atoms with van der Waals surface area (Å²) in [4.78, 5) is 4.79. The first-order valence-electron chi connectivity index (χ1n) is 6.85. The van der Waals surface area contributed by atoms with Crippen molar-refractivity contribution in [3.05, 3.63) is 34.5 Å². The molecule has 0 spiro atoms. The summed E-state index contributed by atoms with van der Waals surface area (Å²) in [5.74, 6) is 0.596. The molecular formula is C16H21ClN2. The zero-order valence-corrected chi connectivity index (χ0v) is 12.8. The van der Waals surface area contributed by atoms with Crippen LogP contribution < -0.4 is 5.32 Å². The van der Waals surface area contributed by atoms with E-state index in [1.165, 1.54) is 0 Å². The van der Waals surface area contributed by atoms with Crippen molar-refractivity contribution in [2.75, 3.05) is 11.9 Å². The third-order valence-electron chi connectivity index (χ3n) is 3.21. The summed E-state index contributed by atoms with van der Waals surface area (Å²) < 4.78 is 0. The van der Waals surface area contributed by atoms with Crippen LogP contribution in [0.4, 0.5) is 5.69 Å². The predicted octanol–water partition coefficient (Wildman–Crippen LogP) is 4.83. The normalized spacial score (nSPS) is 11.3. The van der Waals surface area contributed by atoms with E-state index in [9.17, 15) is 0 Å². The summed E-state index contributed by atoms with van der Waals surface area (Å²) in [6.07, 6.45) is 0.986. The molecule has 0 fully saturated rings. The number of rotatable bonds is 4.